The Hall–Kier alpha value is -2.22. The number of hydrogen-bond acceptors (Lipinski definition) is 5. The monoisotopic (exact) mass is 521 g/mol. The van der Waals surface area contributed by atoms with Gasteiger partial charge in [0, 0.05) is 17.8 Å². The maximum Gasteiger partial charge on any atom is 0.408 e. The maximum absolute atomic E-state index is 14.1. The van der Waals surface area contributed by atoms with Crippen LogP contribution >= 0.6 is 12.6 Å². The van der Waals surface area contributed by atoms with Gasteiger partial charge in [-0.3, -0.25) is 9.59 Å². The van der Waals surface area contributed by atoms with Crippen molar-refractivity contribution in [3.8, 4) is 0 Å². The van der Waals surface area contributed by atoms with Crippen molar-refractivity contribution in [3.05, 3.63) is 34.9 Å². The molecule has 8 heteroatoms. The Balaban J connectivity index is 3.55. The first-order valence-electron chi connectivity index (χ1n) is 13.0. The van der Waals surface area contributed by atoms with Crippen molar-refractivity contribution < 1.29 is 19.1 Å². The predicted octanol–water partition coefficient (Wildman–Crippen LogP) is 5.49. The zero-order chi connectivity index (χ0) is 27.7. The van der Waals surface area contributed by atoms with Crippen LogP contribution in [0.15, 0.2) is 18.2 Å². The molecule has 204 valence electrons. The van der Waals surface area contributed by atoms with E-state index < -0.39 is 29.3 Å². The van der Waals surface area contributed by atoms with E-state index in [1.54, 1.807) is 25.7 Å². The zero-order valence-corrected chi connectivity index (χ0v) is 24.6. The summed E-state index contributed by atoms with van der Waals surface area (Å²) in [5.41, 5.74) is 1.37. The predicted molar refractivity (Wildman–Crippen MR) is 149 cm³/mol. The molecule has 0 aromatic heterocycles. The van der Waals surface area contributed by atoms with Gasteiger partial charge in [0.25, 0.3) is 0 Å². The molecule has 0 aliphatic carbocycles. The van der Waals surface area contributed by atoms with Gasteiger partial charge in [-0.1, -0.05) is 44.9 Å². The summed E-state index contributed by atoms with van der Waals surface area (Å²) in [4.78, 5) is 42.0. The molecule has 1 aromatic carbocycles. The van der Waals surface area contributed by atoms with Gasteiger partial charge in [0.2, 0.25) is 11.8 Å². The lowest BCUT2D eigenvalue weighted by atomic mass is 9.89. The smallest absolute Gasteiger partial charge is 0.408 e. The lowest BCUT2D eigenvalue weighted by molar-refractivity contribution is -0.148. The topological polar surface area (TPSA) is 87.7 Å². The molecule has 0 bridgehead atoms. The number of benzene rings is 1. The van der Waals surface area contributed by atoms with E-state index in [-0.39, 0.29) is 17.6 Å². The minimum Gasteiger partial charge on any atom is -0.444 e. The van der Waals surface area contributed by atoms with Crippen LogP contribution in [-0.4, -0.2) is 52.3 Å². The van der Waals surface area contributed by atoms with Crippen molar-refractivity contribution in [3.63, 3.8) is 0 Å². The minimum absolute atomic E-state index is 0.0615. The summed E-state index contributed by atoms with van der Waals surface area (Å²) in [5.74, 6) is -0.548. The third kappa shape index (κ3) is 9.02. The molecule has 0 fully saturated rings. The molecular weight excluding hydrogens is 474 g/mol. The van der Waals surface area contributed by atoms with Crippen LogP contribution in [0.2, 0.25) is 0 Å². The van der Waals surface area contributed by atoms with Crippen molar-refractivity contribution in [2.75, 3.05) is 12.3 Å². The highest BCUT2D eigenvalue weighted by atomic mass is 32.1. The van der Waals surface area contributed by atoms with Gasteiger partial charge >= 0.3 is 6.09 Å². The second-order valence-corrected chi connectivity index (χ2v) is 11.3. The summed E-state index contributed by atoms with van der Waals surface area (Å²) < 4.78 is 5.38. The van der Waals surface area contributed by atoms with Crippen LogP contribution in [0.1, 0.15) is 96.9 Å². The molecule has 36 heavy (non-hydrogen) atoms. The third-order valence-corrected chi connectivity index (χ3v) is 6.82. The number of thiol groups is 1. The molecule has 0 aliphatic rings. The van der Waals surface area contributed by atoms with E-state index in [9.17, 15) is 14.4 Å². The number of nitrogens with zero attached hydrogens (tertiary/aromatic N) is 1. The number of carbonyl (C=O) groups is 3. The van der Waals surface area contributed by atoms with Gasteiger partial charge in [-0.05, 0) is 78.0 Å². The minimum atomic E-state index is -0.963. The quantitative estimate of drug-likeness (QED) is 0.251. The van der Waals surface area contributed by atoms with Crippen LogP contribution in [0.4, 0.5) is 4.79 Å². The molecule has 0 heterocycles. The number of alkyl carbamates (subject to hydrolysis) is 1. The Kier molecular flexibility index (Phi) is 12.3. The second kappa shape index (κ2) is 13.9. The Labute approximate surface area is 223 Å². The fourth-order valence-corrected chi connectivity index (χ4v) is 4.15. The molecule has 0 spiro atoms. The number of amides is 3. The van der Waals surface area contributed by atoms with Crippen LogP contribution in [0.5, 0.6) is 0 Å². The first-order valence-corrected chi connectivity index (χ1v) is 13.6. The van der Waals surface area contributed by atoms with E-state index in [0.717, 1.165) is 36.0 Å². The van der Waals surface area contributed by atoms with Crippen molar-refractivity contribution in [2.24, 2.45) is 0 Å². The van der Waals surface area contributed by atoms with E-state index in [1.165, 1.54) is 0 Å². The summed E-state index contributed by atoms with van der Waals surface area (Å²) in [7, 11) is 0. The first-order chi connectivity index (χ1) is 16.7. The fraction of sp³-hybridized carbons (Fsp3) is 0.679. The lowest BCUT2D eigenvalue weighted by Gasteiger charge is -2.45. The number of hydrogen-bond donors (Lipinski definition) is 3. The maximum atomic E-state index is 14.1. The van der Waals surface area contributed by atoms with Crippen molar-refractivity contribution >= 4 is 30.5 Å². The number of ether oxygens (including phenoxy) is 1. The Morgan fingerprint density at radius 1 is 1.06 bits per heavy atom. The van der Waals surface area contributed by atoms with Crippen LogP contribution in [0.25, 0.3) is 0 Å². The summed E-state index contributed by atoms with van der Waals surface area (Å²) in [6.07, 6.45) is 2.83. The van der Waals surface area contributed by atoms with Crippen molar-refractivity contribution in [1.82, 2.24) is 15.5 Å². The van der Waals surface area contributed by atoms with Gasteiger partial charge < -0.3 is 20.3 Å². The highest BCUT2D eigenvalue weighted by molar-refractivity contribution is 7.80. The molecule has 1 aromatic rings. The molecule has 0 saturated carbocycles. The van der Waals surface area contributed by atoms with Gasteiger partial charge in [0.1, 0.15) is 17.7 Å². The molecule has 2 unspecified atom stereocenters. The molecule has 3 amide bonds. The zero-order valence-electron chi connectivity index (χ0n) is 23.7. The van der Waals surface area contributed by atoms with Crippen LogP contribution < -0.4 is 10.6 Å². The molecule has 1 rings (SSSR count). The number of rotatable bonds is 12. The normalized spacial score (nSPS) is 13.5. The molecule has 0 saturated heterocycles. The van der Waals surface area contributed by atoms with Gasteiger partial charge in [-0.25, -0.2) is 4.79 Å². The number of unbranched alkanes of at least 4 members (excludes halogenated alkanes) is 2. The van der Waals surface area contributed by atoms with Crippen molar-refractivity contribution in [1.29, 1.82) is 0 Å². The lowest BCUT2D eigenvalue weighted by Crippen LogP contribution is -2.60. The SMILES string of the molecule is CCCCCNC(=O)C(c1cccc(C)c1C)N(C(=O)C(CS)NC(=O)OC(C)(C)C)C(C)(C)CC. The van der Waals surface area contributed by atoms with Gasteiger partial charge in [-0.2, -0.15) is 12.6 Å². The molecule has 2 atom stereocenters. The summed E-state index contributed by atoms with van der Waals surface area (Å²) in [6, 6.07) is 3.98. The highest BCUT2D eigenvalue weighted by Gasteiger charge is 2.43. The van der Waals surface area contributed by atoms with E-state index in [2.05, 4.69) is 30.2 Å². The van der Waals surface area contributed by atoms with E-state index in [0.29, 0.717) is 13.0 Å². The van der Waals surface area contributed by atoms with E-state index >= 15 is 0 Å². The first kappa shape index (κ1) is 31.8. The molecule has 7 nitrogen and oxygen atoms in total. The Morgan fingerprint density at radius 2 is 1.69 bits per heavy atom. The average Bonchev–Trinajstić information content (AvgIpc) is 2.79. The van der Waals surface area contributed by atoms with Gasteiger partial charge in [-0.15, -0.1) is 0 Å². The number of aryl methyl sites for hydroxylation is 1. The molecule has 0 aliphatic heterocycles. The Morgan fingerprint density at radius 3 is 2.22 bits per heavy atom. The van der Waals surface area contributed by atoms with Crippen molar-refractivity contribution in [2.45, 2.75) is 111 Å². The van der Waals surface area contributed by atoms with Gasteiger partial charge in [0.15, 0.2) is 0 Å². The summed E-state index contributed by atoms with van der Waals surface area (Å²) >= 11 is 4.37. The standard InChI is InChI=1S/C28H47N3O4S/c1-10-12-13-17-29-24(32)23(21-16-14-15-19(3)20(21)4)31(28(8,9)11-2)25(33)22(18-36)30-26(34)35-27(5,6)7/h14-16,22-23,36H,10-13,17-18H2,1-9H3,(H,29,32)(H,30,34). The second-order valence-electron chi connectivity index (χ2n) is 10.9. The average molecular weight is 522 g/mol. The summed E-state index contributed by atoms with van der Waals surface area (Å²) in [6.45, 7) is 17.8. The highest BCUT2D eigenvalue weighted by Crippen LogP contribution is 2.34. The van der Waals surface area contributed by atoms with Gasteiger partial charge in [0.05, 0.1) is 0 Å². The summed E-state index contributed by atoms with van der Waals surface area (Å²) in [5, 5.41) is 5.73. The van der Waals surface area contributed by atoms with E-state index in [1.807, 2.05) is 52.8 Å². The van der Waals surface area contributed by atoms with Crippen LogP contribution in [0, 0.1) is 13.8 Å². The third-order valence-electron chi connectivity index (χ3n) is 6.45. The number of carbonyl (C=O) groups excluding carboxylic acids is 3. The van der Waals surface area contributed by atoms with Crippen LogP contribution in [0.3, 0.4) is 0 Å². The largest absolute Gasteiger partial charge is 0.444 e. The molecule has 2 N–H and O–H groups in total. The molecule has 0 radical (unpaired) electrons. The van der Waals surface area contributed by atoms with Crippen LogP contribution in [-0.2, 0) is 14.3 Å². The number of nitrogens with one attached hydrogen (secondary N) is 2. The van der Waals surface area contributed by atoms with E-state index in [4.69, 9.17) is 4.74 Å². The fourth-order valence-electron chi connectivity index (χ4n) is 3.90. The molecular formula is C28H47N3O4S. The Bertz CT molecular complexity index is 895.